The van der Waals surface area contributed by atoms with Crippen molar-refractivity contribution in [2.75, 3.05) is 4.90 Å². The molecule has 51 heavy (non-hydrogen) atoms. The third-order valence-electron chi connectivity index (χ3n) is 9.48. The summed E-state index contributed by atoms with van der Waals surface area (Å²) in [4.78, 5) is 14.6. The van der Waals surface area contributed by atoms with Crippen molar-refractivity contribution in [2.24, 2.45) is 0 Å². The van der Waals surface area contributed by atoms with E-state index < -0.39 is 0 Å². The average molecular weight is 672 g/mol. The number of fused-ring (bicyclic) bond motifs is 4. The van der Waals surface area contributed by atoms with Crippen molar-refractivity contribution in [3.8, 4) is 34.0 Å². The summed E-state index contributed by atoms with van der Waals surface area (Å²) in [6.07, 6.45) is 0. The fraction of sp³-hybridized carbons (Fsp3) is 0. The fourth-order valence-corrected chi connectivity index (χ4v) is 7.85. The van der Waals surface area contributed by atoms with Crippen molar-refractivity contribution in [3.63, 3.8) is 0 Å². The summed E-state index contributed by atoms with van der Waals surface area (Å²) >= 11 is 1.12. The second-order valence-electron chi connectivity index (χ2n) is 12.5. The first-order valence-electron chi connectivity index (χ1n) is 16.8. The minimum absolute atomic E-state index is 0.190. The van der Waals surface area contributed by atoms with Crippen molar-refractivity contribution in [1.29, 1.82) is 5.26 Å². The summed E-state index contributed by atoms with van der Waals surface area (Å²) in [6, 6.07) is 63.4. The lowest BCUT2D eigenvalue weighted by molar-refractivity contribution is 1.18. The van der Waals surface area contributed by atoms with E-state index in [1.165, 1.54) is 16.3 Å². The van der Waals surface area contributed by atoms with Crippen LogP contribution in [0.15, 0.2) is 181 Å². The van der Waals surface area contributed by atoms with Gasteiger partial charge in [-0.25, -0.2) is 0 Å². The molecule has 2 heterocycles. The normalized spacial score (nSPS) is 11.2. The van der Waals surface area contributed by atoms with Gasteiger partial charge in [-0.2, -0.15) is 5.26 Å². The van der Waals surface area contributed by atoms with Crippen molar-refractivity contribution in [2.45, 2.75) is 0 Å². The maximum Gasteiger partial charge on any atom is 0.250 e. The summed E-state index contributed by atoms with van der Waals surface area (Å²) in [7, 11) is 0. The molecule has 0 aliphatic carbocycles. The Labute approximate surface area is 299 Å². The molecule has 0 saturated carbocycles. The van der Waals surface area contributed by atoms with Gasteiger partial charge in [-0.05, 0) is 107 Å². The van der Waals surface area contributed by atoms with Gasteiger partial charge in [0, 0.05) is 38.2 Å². The highest BCUT2D eigenvalue weighted by Crippen LogP contribution is 2.38. The summed E-state index contributed by atoms with van der Waals surface area (Å²) in [6.45, 7) is 0. The predicted octanol–water partition coefficient (Wildman–Crippen LogP) is 12.0. The number of hydrogen-bond donors (Lipinski definition) is 0. The van der Waals surface area contributed by atoms with Gasteiger partial charge in [-0.3, -0.25) is 4.79 Å². The van der Waals surface area contributed by atoms with Crippen LogP contribution in [0.4, 0.5) is 17.1 Å². The highest BCUT2D eigenvalue weighted by Gasteiger charge is 2.15. The van der Waals surface area contributed by atoms with Crippen molar-refractivity contribution >= 4 is 60.3 Å². The zero-order valence-corrected chi connectivity index (χ0v) is 28.2. The van der Waals surface area contributed by atoms with Gasteiger partial charge in [0.15, 0.2) is 0 Å². The highest BCUT2D eigenvalue weighted by molar-refractivity contribution is 7.16. The smallest absolute Gasteiger partial charge is 0.250 e. The topological polar surface area (TPSA) is 49.0 Å². The van der Waals surface area contributed by atoms with Gasteiger partial charge in [-0.1, -0.05) is 108 Å². The van der Waals surface area contributed by atoms with Crippen LogP contribution in [-0.4, -0.2) is 4.57 Å². The molecule has 5 heteroatoms. The second kappa shape index (κ2) is 12.6. The Balaban J connectivity index is 1.07. The lowest BCUT2D eigenvalue weighted by Crippen LogP contribution is -2.09. The molecule has 0 fully saturated rings. The van der Waals surface area contributed by atoms with E-state index in [1.54, 1.807) is 6.07 Å². The molecule has 0 unspecified atom stereocenters. The van der Waals surface area contributed by atoms with Gasteiger partial charge in [0.25, 0.3) is 4.74 Å². The molecule has 0 atom stereocenters. The quantitative estimate of drug-likeness (QED) is 0.177. The van der Waals surface area contributed by atoms with Gasteiger partial charge in [0.1, 0.15) is 11.6 Å². The van der Waals surface area contributed by atoms with Crippen LogP contribution in [0.5, 0.6) is 0 Å². The summed E-state index contributed by atoms with van der Waals surface area (Å²) in [5.41, 5.74) is 11.3. The second-order valence-corrected chi connectivity index (χ2v) is 13.5. The fourth-order valence-electron chi connectivity index (χ4n) is 7.01. The molecule has 2 aromatic heterocycles. The lowest BCUT2D eigenvalue weighted by atomic mass is 10.0. The molecule has 9 aromatic rings. The summed E-state index contributed by atoms with van der Waals surface area (Å²) in [5.74, 6) is 0. The van der Waals surface area contributed by atoms with Crippen molar-refractivity contribution in [1.82, 2.24) is 4.57 Å². The summed E-state index contributed by atoms with van der Waals surface area (Å²) < 4.78 is 2.99. The molecule has 7 aromatic carbocycles. The minimum atomic E-state index is -0.207. The number of nitriles is 1. The van der Waals surface area contributed by atoms with Crippen molar-refractivity contribution in [3.05, 3.63) is 191 Å². The van der Waals surface area contributed by atoms with Crippen LogP contribution in [0.25, 0.3) is 59.8 Å². The predicted molar refractivity (Wildman–Crippen MR) is 213 cm³/mol. The molecule has 0 N–H and O–H groups in total. The van der Waals surface area contributed by atoms with Gasteiger partial charge >= 0.3 is 0 Å². The molecular formula is C46H29N3OS. The molecule has 0 amide bonds. The number of anilines is 3. The van der Waals surface area contributed by atoms with Gasteiger partial charge in [0.2, 0.25) is 0 Å². The number of hydrogen-bond acceptors (Lipinski definition) is 4. The molecule has 0 aliphatic heterocycles. The average Bonchev–Trinajstić information content (AvgIpc) is 3.52. The maximum atomic E-state index is 12.3. The number of rotatable bonds is 6. The van der Waals surface area contributed by atoms with Crippen LogP contribution in [0, 0.1) is 11.3 Å². The Morgan fingerprint density at radius 2 is 1.06 bits per heavy atom. The van der Waals surface area contributed by atoms with E-state index >= 15 is 0 Å². The van der Waals surface area contributed by atoms with Crippen LogP contribution >= 0.6 is 11.3 Å². The van der Waals surface area contributed by atoms with E-state index in [9.17, 15) is 10.1 Å². The zero-order valence-electron chi connectivity index (χ0n) is 27.4. The molecule has 0 aliphatic rings. The molecule has 0 spiro atoms. The lowest BCUT2D eigenvalue weighted by Gasteiger charge is -2.25. The molecule has 0 radical (unpaired) electrons. The number of benzene rings is 7. The molecule has 0 bridgehead atoms. The Morgan fingerprint density at radius 3 is 1.75 bits per heavy atom. The summed E-state index contributed by atoms with van der Waals surface area (Å²) in [5, 5.41) is 12.6. The van der Waals surface area contributed by atoms with Crippen LogP contribution < -0.4 is 9.64 Å². The van der Waals surface area contributed by atoms with E-state index in [2.05, 4.69) is 149 Å². The minimum Gasteiger partial charge on any atom is -0.311 e. The first-order chi connectivity index (χ1) is 25.1. The Morgan fingerprint density at radius 1 is 0.510 bits per heavy atom. The Bertz CT molecular complexity index is 2770. The third kappa shape index (κ3) is 5.45. The Hall–Kier alpha value is -6.74. The van der Waals surface area contributed by atoms with Gasteiger partial charge in [0.05, 0.1) is 11.0 Å². The van der Waals surface area contributed by atoms with E-state index in [1.807, 2.05) is 36.4 Å². The first kappa shape index (κ1) is 30.3. The molecule has 9 rings (SSSR count). The molecule has 240 valence electrons. The SMILES string of the molecule is N#Cc1cc2ccc(-c3ccc(-n4c5ccccc5c5cc(-c6ccc(N(c7ccccc7)c7ccccc7)cc6)ccc54)cc3)cc2sc1=O. The Kier molecular flexibility index (Phi) is 7.50. The van der Waals surface area contributed by atoms with Crippen LogP contribution in [0.2, 0.25) is 0 Å². The number of aromatic nitrogens is 1. The van der Waals surface area contributed by atoms with Gasteiger partial charge < -0.3 is 9.47 Å². The van der Waals surface area contributed by atoms with E-state index in [0.717, 1.165) is 71.9 Å². The molecular weight excluding hydrogens is 643 g/mol. The standard InChI is InChI=1S/C46H29N3OS/c47-30-36-27-35-16-15-34(29-45(35)51-46(36)50)32-19-24-40(25-20-32)49-43-14-8-7-13-41(43)42-28-33(21-26-44(42)49)31-17-22-39(23-18-31)48(37-9-3-1-4-10-37)38-11-5-2-6-12-38/h1-29H. The largest absolute Gasteiger partial charge is 0.311 e. The third-order valence-corrected chi connectivity index (χ3v) is 10.5. The van der Waals surface area contributed by atoms with Gasteiger partial charge in [-0.15, -0.1) is 0 Å². The highest BCUT2D eigenvalue weighted by atomic mass is 32.1. The monoisotopic (exact) mass is 671 g/mol. The van der Waals surface area contributed by atoms with E-state index in [4.69, 9.17) is 0 Å². The van der Waals surface area contributed by atoms with E-state index in [0.29, 0.717) is 0 Å². The molecule has 0 saturated heterocycles. The first-order valence-corrected chi connectivity index (χ1v) is 17.6. The van der Waals surface area contributed by atoms with E-state index in [-0.39, 0.29) is 10.3 Å². The van der Waals surface area contributed by atoms with Crippen LogP contribution in [0.1, 0.15) is 5.56 Å². The maximum absolute atomic E-state index is 12.3. The van der Waals surface area contributed by atoms with Crippen LogP contribution in [0.3, 0.4) is 0 Å². The van der Waals surface area contributed by atoms with Crippen molar-refractivity contribution < 1.29 is 0 Å². The van der Waals surface area contributed by atoms with Crippen LogP contribution in [-0.2, 0) is 0 Å². The number of nitrogens with zero attached hydrogens (tertiary/aromatic N) is 3. The molecule has 4 nitrogen and oxygen atoms in total. The zero-order chi connectivity index (χ0) is 34.3. The number of para-hydroxylation sites is 3.